The van der Waals surface area contributed by atoms with Gasteiger partial charge in [-0.05, 0) is 38.0 Å². The van der Waals surface area contributed by atoms with E-state index in [4.69, 9.17) is 9.97 Å². The van der Waals surface area contributed by atoms with Gasteiger partial charge >= 0.3 is 0 Å². The van der Waals surface area contributed by atoms with E-state index >= 15 is 0 Å². The molecule has 1 aliphatic rings. The van der Waals surface area contributed by atoms with Gasteiger partial charge in [-0.3, -0.25) is 0 Å². The minimum atomic E-state index is 0.587. The minimum Gasteiger partial charge on any atom is -0.369 e. The SMILES string of the molecule is C[C@H]1CCCN1c1cccc(Nc2nc(-c3ccccc3)nc3scnc23)c1. The van der Waals surface area contributed by atoms with Gasteiger partial charge in [-0.15, -0.1) is 11.3 Å². The van der Waals surface area contributed by atoms with Crippen LogP contribution in [0.4, 0.5) is 17.2 Å². The second-order valence-corrected chi connectivity index (χ2v) is 7.96. The van der Waals surface area contributed by atoms with Gasteiger partial charge in [0.25, 0.3) is 0 Å². The van der Waals surface area contributed by atoms with E-state index in [-0.39, 0.29) is 0 Å². The number of anilines is 3. The van der Waals surface area contributed by atoms with Crippen LogP contribution in [-0.2, 0) is 0 Å². The number of hydrogen-bond acceptors (Lipinski definition) is 6. The summed E-state index contributed by atoms with van der Waals surface area (Å²) in [6, 6.07) is 19.2. The molecule has 6 heteroatoms. The van der Waals surface area contributed by atoms with Crippen LogP contribution < -0.4 is 10.2 Å². The molecule has 2 aromatic heterocycles. The quantitative estimate of drug-likeness (QED) is 0.502. The third kappa shape index (κ3) is 3.20. The molecule has 0 bridgehead atoms. The Morgan fingerprint density at radius 2 is 1.96 bits per heavy atom. The summed E-state index contributed by atoms with van der Waals surface area (Å²) >= 11 is 1.53. The summed E-state index contributed by atoms with van der Waals surface area (Å²) in [5.41, 5.74) is 5.90. The zero-order chi connectivity index (χ0) is 18.9. The molecule has 1 atom stereocenters. The number of fused-ring (bicyclic) bond motifs is 1. The predicted molar refractivity (Wildman–Crippen MR) is 116 cm³/mol. The zero-order valence-corrected chi connectivity index (χ0v) is 16.5. The summed E-state index contributed by atoms with van der Waals surface area (Å²) in [4.78, 5) is 17.3. The third-order valence-corrected chi connectivity index (χ3v) is 5.94. The fraction of sp³-hybridized carbons (Fsp3) is 0.227. The molecule has 2 aromatic carbocycles. The maximum absolute atomic E-state index is 4.79. The van der Waals surface area contributed by atoms with E-state index in [1.54, 1.807) is 0 Å². The normalized spacial score (nSPS) is 16.6. The van der Waals surface area contributed by atoms with Gasteiger partial charge in [-0.1, -0.05) is 36.4 Å². The molecule has 0 spiro atoms. The van der Waals surface area contributed by atoms with E-state index < -0.39 is 0 Å². The molecule has 5 nitrogen and oxygen atoms in total. The lowest BCUT2D eigenvalue weighted by Crippen LogP contribution is -2.26. The number of rotatable bonds is 4. The highest BCUT2D eigenvalue weighted by atomic mass is 32.1. The highest BCUT2D eigenvalue weighted by Gasteiger charge is 2.20. The van der Waals surface area contributed by atoms with E-state index in [0.29, 0.717) is 11.9 Å². The van der Waals surface area contributed by atoms with Crippen molar-refractivity contribution < 1.29 is 0 Å². The minimum absolute atomic E-state index is 0.587. The number of nitrogens with one attached hydrogen (secondary N) is 1. The van der Waals surface area contributed by atoms with Gasteiger partial charge in [-0.2, -0.15) is 0 Å². The van der Waals surface area contributed by atoms with Gasteiger partial charge in [0, 0.05) is 29.5 Å². The summed E-state index contributed by atoms with van der Waals surface area (Å²) in [6.07, 6.45) is 2.51. The largest absolute Gasteiger partial charge is 0.369 e. The first-order chi connectivity index (χ1) is 13.8. The summed E-state index contributed by atoms with van der Waals surface area (Å²) in [7, 11) is 0. The second kappa shape index (κ2) is 7.20. The second-order valence-electron chi connectivity index (χ2n) is 7.13. The van der Waals surface area contributed by atoms with Crippen LogP contribution >= 0.6 is 11.3 Å². The first-order valence-corrected chi connectivity index (χ1v) is 10.5. The Morgan fingerprint density at radius 3 is 2.79 bits per heavy atom. The summed E-state index contributed by atoms with van der Waals surface area (Å²) in [5.74, 6) is 1.46. The van der Waals surface area contributed by atoms with Crippen molar-refractivity contribution in [2.45, 2.75) is 25.8 Å². The highest BCUT2D eigenvalue weighted by molar-refractivity contribution is 7.16. The Morgan fingerprint density at radius 1 is 1.07 bits per heavy atom. The van der Waals surface area contributed by atoms with Crippen molar-refractivity contribution in [1.29, 1.82) is 0 Å². The molecule has 0 aliphatic carbocycles. The number of benzene rings is 2. The molecule has 0 unspecified atom stereocenters. The number of thiazole rings is 1. The zero-order valence-electron chi connectivity index (χ0n) is 15.7. The molecule has 0 saturated carbocycles. The van der Waals surface area contributed by atoms with Crippen LogP contribution in [0.25, 0.3) is 21.7 Å². The molecule has 0 radical (unpaired) electrons. The van der Waals surface area contributed by atoms with Crippen LogP contribution in [0.3, 0.4) is 0 Å². The molecule has 1 saturated heterocycles. The third-order valence-electron chi connectivity index (χ3n) is 5.22. The van der Waals surface area contributed by atoms with E-state index in [1.807, 2.05) is 35.8 Å². The topological polar surface area (TPSA) is 53.9 Å². The molecular formula is C22H21N5S. The van der Waals surface area contributed by atoms with Crippen molar-refractivity contribution in [2.75, 3.05) is 16.8 Å². The average molecular weight is 388 g/mol. The van der Waals surface area contributed by atoms with Gasteiger partial charge in [0.05, 0.1) is 5.51 Å². The molecule has 5 rings (SSSR count). The van der Waals surface area contributed by atoms with Gasteiger partial charge in [-0.25, -0.2) is 15.0 Å². The van der Waals surface area contributed by atoms with Gasteiger partial charge in [0.2, 0.25) is 0 Å². The molecular weight excluding hydrogens is 366 g/mol. The van der Waals surface area contributed by atoms with Crippen molar-refractivity contribution in [1.82, 2.24) is 15.0 Å². The molecule has 28 heavy (non-hydrogen) atoms. The maximum Gasteiger partial charge on any atom is 0.163 e. The van der Waals surface area contributed by atoms with Crippen molar-refractivity contribution in [2.24, 2.45) is 0 Å². The monoisotopic (exact) mass is 387 g/mol. The highest BCUT2D eigenvalue weighted by Crippen LogP contribution is 2.31. The number of hydrogen-bond donors (Lipinski definition) is 1. The van der Waals surface area contributed by atoms with Crippen molar-refractivity contribution in [3.63, 3.8) is 0 Å². The lowest BCUT2D eigenvalue weighted by atomic mass is 10.2. The molecule has 0 amide bonds. The smallest absolute Gasteiger partial charge is 0.163 e. The van der Waals surface area contributed by atoms with Crippen molar-refractivity contribution in [3.8, 4) is 11.4 Å². The molecule has 1 fully saturated rings. The van der Waals surface area contributed by atoms with Crippen LogP contribution in [-0.4, -0.2) is 27.5 Å². The summed E-state index contributed by atoms with van der Waals surface area (Å²) in [6.45, 7) is 3.41. The fourth-order valence-electron chi connectivity index (χ4n) is 3.78. The Balaban J connectivity index is 1.52. The van der Waals surface area contributed by atoms with Gasteiger partial charge < -0.3 is 10.2 Å². The molecule has 140 valence electrons. The Kier molecular flexibility index (Phi) is 4.41. The van der Waals surface area contributed by atoms with Gasteiger partial charge in [0.15, 0.2) is 11.6 Å². The standard InChI is InChI=1S/C22H21N5S/c1-15-7-6-12-27(15)18-11-5-10-17(13-18)24-21-19-22(28-14-23-19)26-20(25-21)16-8-3-2-4-9-16/h2-5,8-11,13-15H,6-7,12H2,1H3,(H,24,25,26)/t15-/m0/s1. The van der Waals surface area contributed by atoms with Crippen LogP contribution in [0, 0.1) is 0 Å². The van der Waals surface area contributed by atoms with Gasteiger partial charge in [0.1, 0.15) is 10.3 Å². The van der Waals surface area contributed by atoms with Crippen LogP contribution in [0.1, 0.15) is 19.8 Å². The van der Waals surface area contributed by atoms with Crippen LogP contribution in [0.5, 0.6) is 0 Å². The lowest BCUT2D eigenvalue weighted by molar-refractivity contribution is 0.735. The Labute approximate surface area is 168 Å². The van der Waals surface area contributed by atoms with Crippen molar-refractivity contribution in [3.05, 3.63) is 60.1 Å². The first-order valence-electron chi connectivity index (χ1n) is 9.58. The van der Waals surface area contributed by atoms with Crippen LogP contribution in [0.15, 0.2) is 60.1 Å². The van der Waals surface area contributed by atoms with Crippen molar-refractivity contribution >= 4 is 38.9 Å². The molecule has 3 heterocycles. The first kappa shape index (κ1) is 17.1. The Hall–Kier alpha value is -2.99. The van der Waals surface area contributed by atoms with E-state index in [0.717, 1.165) is 34.0 Å². The van der Waals surface area contributed by atoms with E-state index in [1.165, 1.54) is 29.9 Å². The summed E-state index contributed by atoms with van der Waals surface area (Å²) in [5, 5.41) is 3.49. The van der Waals surface area contributed by atoms with Crippen LogP contribution in [0.2, 0.25) is 0 Å². The van der Waals surface area contributed by atoms with E-state index in [2.05, 4.69) is 46.4 Å². The predicted octanol–water partition coefficient (Wildman–Crippen LogP) is 5.49. The summed E-state index contributed by atoms with van der Waals surface area (Å²) < 4.78 is 0. The molecule has 1 aliphatic heterocycles. The molecule has 1 N–H and O–H groups in total. The lowest BCUT2D eigenvalue weighted by Gasteiger charge is -2.24. The maximum atomic E-state index is 4.79. The molecule has 4 aromatic rings. The van der Waals surface area contributed by atoms with E-state index in [9.17, 15) is 0 Å². The Bertz CT molecular complexity index is 1110. The number of nitrogens with zero attached hydrogens (tertiary/aromatic N) is 4. The fourth-order valence-corrected chi connectivity index (χ4v) is 4.44. The number of aromatic nitrogens is 3. The average Bonchev–Trinajstić information content (AvgIpc) is 3.38.